The summed E-state index contributed by atoms with van der Waals surface area (Å²) in [7, 11) is 0. The van der Waals surface area contributed by atoms with Gasteiger partial charge in [0.25, 0.3) is 0 Å². The number of hydrogen-bond donors (Lipinski definition) is 1. The average molecular weight is 272 g/mol. The SMILES string of the molecule is C/C=N\N=C(/C(C)C)C1(c2cccc(C)c2)CC(O)C1. The summed E-state index contributed by atoms with van der Waals surface area (Å²) < 4.78 is 0. The van der Waals surface area contributed by atoms with Crippen molar-refractivity contribution < 1.29 is 5.11 Å². The van der Waals surface area contributed by atoms with Crippen LogP contribution in [0, 0.1) is 12.8 Å². The van der Waals surface area contributed by atoms with Gasteiger partial charge >= 0.3 is 0 Å². The lowest BCUT2D eigenvalue weighted by Gasteiger charge is -2.47. The molecule has 0 unspecified atom stereocenters. The van der Waals surface area contributed by atoms with Gasteiger partial charge in [-0.1, -0.05) is 43.7 Å². The molecule has 20 heavy (non-hydrogen) atoms. The molecule has 1 N–H and O–H groups in total. The molecule has 3 heteroatoms. The maximum Gasteiger partial charge on any atom is 0.0564 e. The van der Waals surface area contributed by atoms with E-state index in [1.54, 1.807) is 6.21 Å². The maximum absolute atomic E-state index is 9.88. The molecule has 1 aromatic carbocycles. The van der Waals surface area contributed by atoms with Crippen LogP contribution >= 0.6 is 0 Å². The first-order valence-electron chi connectivity index (χ1n) is 7.31. The number of nitrogens with zero attached hydrogens (tertiary/aromatic N) is 2. The Bertz CT molecular complexity index is 526. The Hall–Kier alpha value is -1.48. The molecule has 1 saturated carbocycles. The van der Waals surface area contributed by atoms with Crippen molar-refractivity contribution >= 4 is 11.9 Å². The van der Waals surface area contributed by atoms with Crippen molar-refractivity contribution in [1.29, 1.82) is 0 Å². The molecular formula is C17H24N2O. The van der Waals surface area contributed by atoms with E-state index in [1.165, 1.54) is 11.1 Å². The molecule has 0 amide bonds. The molecule has 1 aliphatic rings. The Morgan fingerprint density at radius 2 is 2.10 bits per heavy atom. The summed E-state index contributed by atoms with van der Waals surface area (Å²) in [4.78, 5) is 0. The van der Waals surface area contributed by atoms with Crippen molar-refractivity contribution in [3.05, 3.63) is 35.4 Å². The number of hydrogen-bond acceptors (Lipinski definition) is 3. The molecule has 0 bridgehead atoms. The van der Waals surface area contributed by atoms with E-state index in [0.29, 0.717) is 5.92 Å². The molecule has 3 nitrogen and oxygen atoms in total. The van der Waals surface area contributed by atoms with Crippen LogP contribution < -0.4 is 0 Å². The summed E-state index contributed by atoms with van der Waals surface area (Å²) in [6.07, 6.45) is 2.96. The number of aryl methyl sites for hydroxylation is 1. The first-order chi connectivity index (χ1) is 9.49. The molecule has 0 saturated heterocycles. The van der Waals surface area contributed by atoms with Crippen LogP contribution in [0.5, 0.6) is 0 Å². The third kappa shape index (κ3) is 2.68. The number of aliphatic hydroxyl groups excluding tert-OH is 1. The lowest BCUT2D eigenvalue weighted by Crippen LogP contribution is -2.52. The van der Waals surface area contributed by atoms with Crippen molar-refractivity contribution in [2.45, 2.75) is 52.1 Å². The molecule has 0 aromatic heterocycles. The van der Waals surface area contributed by atoms with Gasteiger partial charge in [0.2, 0.25) is 0 Å². The van der Waals surface area contributed by atoms with Gasteiger partial charge < -0.3 is 5.11 Å². The van der Waals surface area contributed by atoms with Crippen LogP contribution in [0.2, 0.25) is 0 Å². The Balaban J connectivity index is 2.49. The highest BCUT2D eigenvalue weighted by Crippen LogP contribution is 2.47. The quantitative estimate of drug-likeness (QED) is 0.662. The molecule has 0 radical (unpaired) electrons. The summed E-state index contributed by atoms with van der Waals surface area (Å²) in [6.45, 7) is 8.26. The number of aliphatic hydroxyl groups is 1. The predicted molar refractivity (Wildman–Crippen MR) is 84.5 cm³/mol. The first kappa shape index (κ1) is 14.9. The molecule has 0 spiro atoms. The van der Waals surface area contributed by atoms with E-state index in [0.717, 1.165) is 18.6 Å². The van der Waals surface area contributed by atoms with E-state index in [4.69, 9.17) is 0 Å². The van der Waals surface area contributed by atoms with Crippen molar-refractivity contribution in [2.75, 3.05) is 0 Å². The molecule has 1 fully saturated rings. The zero-order valence-electron chi connectivity index (χ0n) is 12.8. The van der Waals surface area contributed by atoms with Gasteiger partial charge in [-0.2, -0.15) is 10.2 Å². The lowest BCUT2D eigenvalue weighted by atomic mass is 9.58. The average Bonchev–Trinajstić information content (AvgIpc) is 2.36. The van der Waals surface area contributed by atoms with Crippen LogP contribution in [0.3, 0.4) is 0 Å². The molecule has 0 aliphatic heterocycles. The van der Waals surface area contributed by atoms with E-state index in [1.807, 2.05) is 6.92 Å². The zero-order valence-corrected chi connectivity index (χ0v) is 12.8. The minimum absolute atomic E-state index is 0.147. The number of rotatable bonds is 4. The highest BCUT2D eigenvalue weighted by molar-refractivity contribution is 5.97. The van der Waals surface area contributed by atoms with Crippen molar-refractivity contribution in [3.8, 4) is 0 Å². The summed E-state index contributed by atoms with van der Waals surface area (Å²) in [5.74, 6) is 0.312. The molecule has 0 heterocycles. The molecule has 1 aliphatic carbocycles. The summed E-state index contributed by atoms with van der Waals surface area (Å²) in [6, 6.07) is 8.53. The normalized spacial score (nSPS) is 27.1. The second-order valence-corrected chi connectivity index (χ2v) is 6.03. The van der Waals surface area contributed by atoms with Gasteiger partial charge in [-0.15, -0.1) is 0 Å². The highest BCUT2D eigenvalue weighted by atomic mass is 16.3. The lowest BCUT2D eigenvalue weighted by molar-refractivity contribution is 0.0482. The van der Waals surface area contributed by atoms with Crippen LogP contribution in [0.1, 0.15) is 44.7 Å². The second kappa shape index (κ2) is 5.88. The molecular weight excluding hydrogens is 248 g/mol. The second-order valence-electron chi connectivity index (χ2n) is 6.03. The van der Waals surface area contributed by atoms with Crippen LogP contribution in [0.4, 0.5) is 0 Å². The van der Waals surface area contributed by atoms with Crippen LogP contribution in [0.15, 0.2) is 34.5 Å². The predicted octanol–water partition coefficient (Wildman–Crippen LogP) is 3.49. The van der Waals surface area contributed by atoms with E-state index in [2.05, 4.69) is 55.2 Å². The third-order valence-corrected chi connectivity index (χ3v) is 4.06. The first-order valence-corrected chi connectivity index (χ1v) is 7.31. The Morgan fingerprint density at radius 3 is 2.60 bits per heavy atom. The largest absolute Gasteiger partial charge is 0.393 e. The minimum Gasteiger partial charge on any atom is -0.393 e. The van der Waals surface area contributed by atoms with Gasteiger partial charge in [-0.25, -0.2) is 0 Å². The Morgan fingerprint density at radius 1 is 1.40 bits per heavy atom. The Labute approximate surface area is 121 Å². The summed E-state index contributed by atoms with van der Waals surface area (Å²) >= 11 is 0. The summed E-state index contributed by atoms with van der Waals surface area (Å²) in [5.41, 5.74) is 3.42. The number of benzene rings is 1. The van der Waals surface area contributed by atoms with E-state index in [-0.39, 0.29) is 11.5 Å². The van der Waals surface area contributed by atoms with Crippen LogP contribution in [-0.2, 0) is 5.41 Å². The smallest absolute Gasteiger partial charge is 0.0564 e. The zero-order chi connectivity index (χ0) is 14.8. The highest BCUT2D eigenvalue weighted by Gasteiger charge is 2.49. The fourth-order valence-electron chi connectivity index (χ4n) is 3.16. The molecule has 1 aromatic rings. The third-order valence-electron chi connectivity index (χ3n) is 4.06. The van der Waals surface area contributed by atoms with Crippen molar-refractivity contribution in [3.63, 3.8) is 0 Å². The maximum atomic E-state index is 9.88. The van der Waals surface area contributed by atoms with Gasteiger partial charge in [-0.3, -0.25) is 0 Å². The monoisotopic (exact) mass is 272 g/mol. The topological polar surface area (TPSA) is 45.0 Å². The molecule has 0 atom stereocenters. The fourth-order valence-corrected chi connectivity index (χ4v) is 3.16. The van der Waals surface area contributed by atoms with E-state index >= 15 is 0 Å². The molecule has 108 valence electrons. The fraction of sp³-hybridized carbons (Fsp3) is 0.529. The van der Waals surface area contributed by atoms with Gasteiger partial charge in [0.1, 0.15) is 0 Å². The van der Waals surface area contributed by atoms with Crippen molar-refractivity contribution in [1.82, 2.24) is 0 Å². The van der Waals surface area contributed by atoms with Crippen LogP contribution in [-0.4, -0.2) is 23.1 Å². The van der Waals surface area contributed by atoms with Gasteiger partial charge in [0.15, 0.2) is 0 Å². The van der Waals surface area contributed by atoms with Gasteiger partial charge in [0.05, 0.1) is 11.8 Å². The van der Waals surface area contributed by atoms with E-state index in [9.17, 15) is 5.11 Å². The minimum atomic E-state index is -0.231. The summed E-state index contributed by atoms with van der Waals surface area (Å²) in [5, 5.41) is 18.4. The van der Waals surface area contributed by atoms with Crippen molar-refractivity contribution in [2.24, 2.45) is 16.1 Å². The van der Waals surface area contributed by atoms with Gasteiger partial charge in [0, 0.05) is 11.6 Å². The van der Waals surface area contributed by atoms with Gasteiger partial charge in [-0.05, 0) is 38.2 Å². The molecule has 2 rings (SSSR count). The standard InChI is InChI=1S/C17H24N2O/c1-5-18-19-16(12(2)3)17(10-15(20)11-17)14-8-6-7-13(4)9-14/h5-9,12,15,20H,10-11H2,1-4H3/b18-5-,19-16+. The van der Waals surface area contributed by atoms with E-state index < -0.39 is 0 Å². The van der Waals surface area contributed by atoms with Crippen LogP contribution in [0.25, 0.3) is 0 Å². The Kier molecular flexibility index (Phi) is 4.39.